The molecule has 0 amide bonds. The van der Waals surface area contributed by atoms with Crippen LogP contribution in [-0.2, 0) is 64.4 Å². The summed E-state index contributed by atoms with van der Waals surface area (Å²) >= 11 is 10.4. The lowest BCUT2D eigenvalue weighted by atomic mass is 9.93. The van der Waals surface area contributed by atoms with Gasteiger partial charge in [-0.3, -0.25) is 9.05 Å². The van der Waals surface area contributed by atoms with E-state index in [1.165, 1.54) is 0 Å². The van der Waals surface area contributed by atoms with Crippen molar-refractivity contribution in [3.63, 3.8) is 0 Å². The average molecular weight is 530 g/mol. The fraction of sp³-hybridized carbons (Fsp3) is 0.625. The minimum atomic E-state index is -4.05. The second-order valence-corrected chi connectivity index (χ2v) is 15.5. The van der Waals surface area contributed by atoms with Crippen molar-refractivity contribution in [3.8, 4) is 5.75 Å². The van der Waals surface area contributed by atoms with E-state index in [0.717, 1.165) is 0 Å². The lowest BCUT2D eigenvalue weighted by Crippen LogP contribution is -2.48. The monoisotopic (exact) mass is 530 g/mol. The molecule has 7 rings (SSSR count). The maximum absolute atomic E-state index is 13.6. The van der Waals surface area contributed by atoms with Crippen LogP contribution < -0.4 is 4.52 Å². The molecule has 6 fully saturated rings. The lowest BCUT2D eigenvalue weighted by molar-refractivity contribution is -0.107. The highest BCUT2D eigenvalue weighted by Gasteiger charge is 2.52. The molecule has 4 bridgehead atoms. The highest BCUT2D eigenvalue weighted by Crippen LogP contribution is 2.63. The Balaban J connectivity index is 1.28. The van der Waals surface area contributed by atoms with Gasteiger partial charge >= 0.3 is 21.3 Å². The van der Waals surface area contributed by atoms with Crippen LogP contribution in [0.3, 0.4) is 0 Å². The summed E-state index contributed by atoms with van der Waals surface area (Å²) in [5, 5.41) is 0. The second kappa shape index (κ2) is 8.47. The maximum Gasteiger partial charge on any atom is 0.530 e. The topological polar surface area (TPSA) is 100 Å². The van der Waals surface area contributed by atoms with Crippen LogP contribution in [-0.4, -0.2) is 52.9 Å². The Morgan fingerprint density at radius 3 is 1.55 bits per heavy atom. The van der Waals surface area contributed by atoms with Gasteiger partial charge in [0, 0.05) is 0 Å². The van der Waals surface area contributed by atoms with Gasteiger partial charge in [-0.15, -0.1) is 0 Å². The number of phosphoric acid groups is 1. The molecule has 0 atom stereocenters. The van der Waals surface area contributed by atoms with Crippen molar-refractivity contribution in [2.24, 2.45) is 10.8 Å². The molecule has 10 nitrogen and oxygen atoms in total. The SMILES string of the molecule is O=P(OCC12COP(=S)(OC1)OC2)(OCC12COP(=S)(OC1)OC2)Oc1ccccc1. The van der Waals surface area contributed by atoms with Crippen molar-refractivity contribution in [2.45, 2.75) is 0 Å². The number of rotatable bonds is 8. The first-order valence-corrected chi connectivity index (χ1v) is 16.0. The predicted molar refractivity (Wildman–Crippen MR) is 116 cm³/mol. The Hall–Kier alpha value is 0.230. The van der Waals surface area contributed by atoms with Crippen LogP contribution in [0.25, 0.3) is 0 Å². The van der Waals surface area contributed by atoms with Gasteiger partial charge in [-0.05, 0) is 35.7 Å². The summed E-state index contributed by atoms with van der Waals surface area (Å²) in [4.78, 5) is 0. The fourth-order valence-corrected chi connectivity index (χ4v) is 8.56. The van der Waals surface area contributed by atoms with E-state index in [2.05, 4.69) is 0 Å². The van der Waals surface area contributed by atoms with Gasteiger partial charge in [-0.1, -0.05) is 18.2 Å². The van der Waals surface area contributed by atoms with Gasteiger partial charge in [0.25, 0.3) is 0 Å². The summed E-state index contributed by atoms with van der Waals surface area (Å²) in [7, 11) is -4.05. The molecule has 0 radical (unpaired) electrons. The normalized spacial score (nSPS) is 41.0. The number of hydrogen-bond donors (Lipinski definition) is 0. The fourth-order valence-electron chi connectivity index (χ4n) is 3.15. The Morgan fingerprint density at radius 2 is 1.16 bits per heavy atom. The van der Waals surface area contributed by atoms with Gasteiger partial charge in [-0.2, -0.15) is 0 Å². The summed E-state index contributed by atoms with van der Waals surface area (Å²) in [5.74, 6) is 0.346. The first kappa shape index (κ1) is 23.0. The number of hydrogen-bond acceptors (Lipinski definition) is 12. The van der Waals surface area contributed by atoms with Crippen molar-refractivity contribution >= 4 is 44.9 Å². The van der Waals surface area contributed by atoms with E-state index in [-0.39, 0.29) is 13.2 Å². The molecule has 6 aliphatic rings. The standard InChI is InChI=1S/C16H21O10P3S2/c17-27(26-14-4-2-1-3-5-14,18-6-15-8-20-28(30,21-9-15)22-10-15)19-7-16-11-23-29(31,24-12-16)25-13-16/h1-5H,6-13H2. The molecule has 15 heteroatoms. The summed E-state index contributed by atoms with van der Waals surface area (Å²) in [6, 6.07) is 8.65. The lowest BCUT2D eigenvalue weighted by Gasteiger charge is -2.46. The van der Waals surface area contributed by atoms with Crippen LogP contribution in [0, 0.1) is 10.8 Å². The molecule has 172 valence electrons. The molecule has 0 aliphatic carbocycles. The zero-order valence-corrected chi connectivity index (χ0v) is 20.6. The summed E-state index contributed by atoms with van der Waals surface area (Å²) in [6.45, 7) is -3.57. The van der Waals surface area contributed by atoms with Crippen LogP contribution in [0.2, 0.25) is 0 Å². The third kappa shape index (κ3) is 5.03. The quantitative estimate of drug-likeness (QED) is 0.458. The molecule has 0 saturated carbocycles. The van der Waals surface area contributed by atoms with E-state index < -0.39 is 32.1 Å². The average Bonchev–Trinajstić information content (AvgIpc) is 2.80. The van der Waals surface area contributed by atoms with E-state index in [4.69, 9.17) is 64.3 Å². The summed E-state index contributed by atoms with van der Waals surface area (Å²) < 4.78 is 63.9. The Bertz CT molecular complexity index is 859. The molecular weight excluding hydrogens is 509 g/mol. The Kier molecular flexibility index (Phi) is 6.28. The van der Waals surface area contributed by atoms with Crippen molar-refractivity contribution in [2.75, 3.05) is 52.9 Å². The molecule has 6 heterocycles. The molecule has 6 aliphatic heterocycles. The van der Waals surface area contributed by atoms with Crippen molar-refractivity contribution in [1.82, 2.24) is 0 Å². The van der Waals surface area contributed by atoms with E-state index in [1.807, 2.05) is 6.07 Å². The van der Waals surface area contributed by atoms with Crippen LogP contribution in [0.5, 0.6) is 5.75 Å². The molecule has 1 aromatic rings. The van der Waals surface area contributed by atoms with Gasteiger partial charge in [0.05, 0.1) is 63.7 Å². The van der Waals surface area contributed by atoms with E-state index >= 15 is 0 Å². The number of fused-ring (bicyclic) bond motifs is 6. The third-order valence-electron chi connectivity index (χ3n) is 5.19. The Labute approximate surface area is 189 Å². The molecule has 1 aromatic carbocycles. The third-order valence-corrected chi connectivity index (χ3v) is 11.1. The number of para-hydroxylation sites is 1. The zero-order valence-electron chi connectivity index (χ0n) is 16.3. The van der Waals surface area contributed by atoms with E-state index in [1.54, 1.807) is 24.3 Å². The molecule has 0 unspecified atom stereocenters. The van der Waals surface area contributed by atoms with Gasteiger partial charge < -0.3 is 31.7 Å². The Morgan fingerprint density at radius 1 is 0.774 bits per heavy atom. The van der Waals surface area contributed by atoms with Gasteiger partial charge in [0.1, 0.15) is 5.75 Å². The molecule has 0 aromatic heterocycles. The summed E-state index contributed by atoms with van der Waals surface area (Å²) in [6.07, 6.45) is 0. The molecule has 6 saturated heterocycles. The highest BCUT2D eigenvalue weighted by atomic mass is 32.5. The second-order valence-electron chi connectivity index (χ2n) is 7.93. The summed E-state index contributed by atoms with van der Waals surface area (Å²) in [5.41, 5.74) is -1.29. The van der Waals surface area contributed by atoms with Gasteiger partial charge in [0.15, 0.2) is 0 Å². The van der Waals surface area contributed by atoms with E-state index in [9.17, 15) is 4.57 Å². The molecule has 0 spiro atoms. The van der Waals surface area contributed by atoms with E-state index in [0.29, 0.717) is 45.4 Å². The van der Waals surface area contributed by atoms with Crippen molar-refractivity contribution in [1.29, 1.82) is 0 Å². The number of phosphoric ester groups is 1. The van der Waals surface area contributed by atoms with Crippen molar-refractivity contribution < 1.29 is 45.3 Å². The molecule has 31 heavy (non-hydrogen) atoms. The molecular formula is C16H21O10P3S2. The smallest absolute Gasteiger partial charge is 0.404 e. The van der Waals surface area contributed by atoms with Crippen LogP contribution in [0.1, 0.15) is 0 Å². The van der Waals surface area contributed by atoms with Gasteiger partial charge in [0.2, 0.25) is 0 Å². The first-order chi connectivity index (χ1) is 14.7. The zero-order chi connectivity index (χ0) is 21.6. The number of benzene rings is 1. The highest BCUT2D eigenvalue weighted by molar-refractivity contribution is 8.07. The minimum Gasteiger partial charge on any atom is -0.404 e. The maximum atomic E-state index is 13.6. The van der Waals surface area contributed by atoms with Crippen LogP contribution >= 0.6 is 21.3 Å². The van der Waals surface area contributed by atoms with Crippen molar-refractivity contribution in [3.05, 3.63) is 30.3 Å². The first-order valence-electron chi connectivity index (χ1n) is 9.44. The van der Waals surface area contributed by atoms with Crippen LogP contribution in [0.15, 0.2) is 30.3 Å². The van der Waals surface area contributed by atoms with Crippen LogP contribution in [0.4, 0.5) is 0 Å². The predicted octanol–water partition coefficient (Wildman–Crippen LogP) is 3.78. The largest absolute Gasteiger partial charge is 0.530 e. The minimum absolute atomic E-state index is 0.0241. The molecule has 0 N–H and O–H groups in total. The van der Waals surface area contributed by atoms with Gasteiger partial charge in [-0.25, -0.2) is 4.57 Å².